The maximum atomic E-state index is 12.4. The standard InChI is InChI=1S/C22H21N3O3/c1-28-22(27)17-8-5-9-19(14-17)25-21(26)18-10-11-20(24-15-18)23-13-12-16-6-3-2-4-7-16/h2-11,14-15H,12-13H2,1H3,(H,23,24)(H,25,26). The molecule has 0 saturated carbocycles. The minimum atomic E-state index is -0.455. The van der Waals surface area contributed by atoms with Gasteiger partial charge in [-0.3, -0.25) is 4.79 Å². The van der Waals surface area contributed by atoms with Crippen molar-refractivity contribution in [1.29, 1.82) is 0 Å². The Kier molecular flexibility index (Phi) is 6.36. The van der Waals surface area contributed by atoms with Gasteiger partial charge in [0.2, 0.25) is 0 Å². The normalized spacial score (nSPS) is 10.2. The number of carbonyl (C=O) groups is 2. The molecule has 28 heavy (non-hydrogen) atoms. The number of esters is 1. The van der Waals surface area contributed by atoms with Crippen molar-refractivity contribution in [2.45, 2.75) is 6.42 Å². The predicted octanol–water partition coefficient (Wildman–Crippen LogP) is 3.78. The molecule has 0 fully saturated rings. The van der Waals surface area contributed by atoms with Gasteiger partial charge in [-0.2, -0.15) is 0 Å². The highest BCUT2D eigenvalue weighted by Crippen LogP contribution is 2.14. The van der Waals surface area contributed by atoms with Gasteiger partial charge in [0.25, 0.3) is 5.91 Å². The number of amides is 1. The average Bonchev–Trinajstić information content (AvgIpc) is 2.74. The predicted molar refractivity (Wildman–Crippen MR) is 109 cm³/mol. The summed E-state index contributed by atoms with van der Waals surface area (Å²) in [7, 11) is 1.31. The van der Waals surface area contributed by atoms with E-state index in [0.29, 0.717) is 22.6 Å². The van der Waals surface area contributed by atoms with Crippen LogP contribution in [0.4, 0.5) is 11.5 Å². The number of hydrogen-bond donors (Lipinski definition) is 2. The monoisotopic (exact) mass is 375 g/mol. The number of ether oxygens (including phenoxy) is 1. The molecule has 0 spiro atoms. The van der Waals surface area contributed by atoms with Crippen molar-refractivity contribution in [3.63, 3.8) is 0 Å². The fourth-order valence-electron chi connectivity index (χ4n) is 2.66. The molecule has 0 bridgehead atoms. The fraction of sp³-hybridized carbons (Fsp3) is 0.136. The van der Waals surface area contributed by atoms with Crippen LogP contribution in [0.1, 0.15) is 26.3 Å². The summed E-state index contributed by atoms with van der Waals surface area (Å²) in [5.74, 6) is -0.0470. The van der Waals surface area contributed by atoms with Gasteiger partial charge in [0.05, 0.1) is 18.2 Å². The van der Waals surface area contributed by atoms with Crippen molar-refractivity contribution in [2.75, 3.05) is 24.3 Å². The van der Waals surface area contributed by atoms with E-state index >= 15 is 0 Å². The fourth-order valence-corrected chi connectivity index (χ4v) is 2.66. The van der Waals surface area contributed by atoms with Crippen LogP contribution in [0.25, 0.3) is 0 Å². The lowest BCUT2D eigenvalue weighted by molar-refractivity contribution is 0.0600. The Balaban J connectivity index is 1.55. The lowest BCUT2D eigenvalue weighted by Gasteiger charge is -2.08. The molecule has 3 rings (SSSR count). The molecular formula is C22H21N3O3. The van der Waals surface area contributed by atoms with Gasteiger partial charge in [0, 0.05) is 18.4 Å². The quantitative estimate of drug-likeness (QED) is 0.615. The van der Waals surface area contributed by atoms with Crippen molar-refractivity contribution in [3.8, 4) is 0 Å². The molecule has 0 atom stereocenters. The first-order chi connectivity index (χ1) is 13.7. The van der Waals surface area contributed by atoms with E-state index in [1.54, 1.807) is 36.4 Å². The summed E-state index contributed by atoms with van der Waals surface area (Å²) >= 11 is 0. The lowest BCUT2D eigenvalue weighted by atomic mass is 10.1. The third-order valence-electron chi connectivity index (χ3n) is 4.13. The van der Waals surface area contributed by atoms with Gasteiger partial charge >= 0.3 is 5.97 Å². The summed E-state index contributed by atoms with van der Waals surface area (Å²) in [6, 6.07) is 20.2. The zero-order chi connectivity index (χ0) is 19.8. The minimum absolute atomic E-state index is 0.301. The summed E-state index contributed by atoms with van der Waals surface area (Å²) in [5, 5.41) is 6.00. The van der Waals surface area contributed by atoms with E-state index < -0.39 is 5.97 Å². The number of methoxy groups -OCH3 is 1. The largest absolute Gasteiger partial charge is 0.465 e. The molecule has 1 heterocycles. The number of pyridine rings is 1. The van der Waals surface area contributed by atoms with Gasteiger partial charge in [0.15, 0.2) is 0 Å². The number of hydrogen-bond acceptors (Lipinski definition) is 5. The zero-order valence-corrected chi connectivity index (χ0v) is 15.5. The van der Waals surface area contributed by atoms with Gasteiger partial charge < -0.3 is 15.4 Å². The molecule has 2 N–H and O–H groups in total. The van der Waals surface area contributed by atoms with Gasteiger partial charge in [0.1, 0.15) is 5.82 Å². The molecule has 1 amide bonds. The Labute approximate surface area is 163 Å². The van der Waals surface area contributed by atoms with Crippen molar-refractivity contribution < 1.29 is 14.3 Å². The molecule has 0 aliphatic heterocycles. The second-order valence-corrected chi connectivity index (χ2v) is 6.12. The van der Waals surface area contributed by atoms with E-state index in [9.17, 15) is 9.59 Å². The number of carbonyl (C=O) groups excluding carboxylic acids is 2. The maximum Gasteiger partial charge on any atom is 0.337 e. The molecule has 0 aliphatic carbocycles. The summed E-state index contributed by atoms with van der Waals surface area (Å²) < 4.78 is 4.69. The van der Waals surface area contributed by atoms with Crippen LogP contribution in [0.15, 0.2) is 72.9 Å². The highest BCUT2D eigenvalue weighted by molar-refractivity contribution is 6.04. The first kappa shape index (κ1) is 19.1. The van der Waals surface area contributed by atoms with E-state index in [1.807, 2.05) is 18.2 Å². The van der Waals surface area contributed by atoms with Crippen LogP contribution >= 0.6 is 0 Å². The summed E-state index contributed by atoms with van der Waals surface area (Å²) in [6.45, 7) is 0.753. The van der Waals surface area contributed by atoms with E-state index in [2.05, 4.69) is 32.5 Å². The van der Waals surface area contributed by atoms with Crippen molar-refractivity contribution in [2.24, 2.45) is 0 Å². The van der Waals surface area contributed by atoms with Gasteiger partial charge in [-0.1, -0.05) is 36.4 Å². The highest BCUT2D eigenvalue weighted by Gasteiger charge is 2.10. The van der Waals surface area contributed by atoms with Crippen molar-refractivity contribution in [1.82, 2.24) is 4.98 Å². The third-order valence-corrected chi connectivity index (χ3v) is 4.13. The van der Waals surface area contributed by atoms with Gasteiger partial charge in [-0.15, -0.1) is 0 Å². The van der Waals surface area contributed by atoms with E-state index in [1.165, 1.54) is 18.9 Å². The van der Waals surface area contributed by atoms with Crippen LogP contribution in [0.2, 0.25) is 0 Å². The molecule has 0 unspecified atom stereocenters. The summed E-state index contributed by atoms with van der Waals surface area (Å²) in [5.41, 5.74) is 2.56. The molecular weight excluding hydrogens is 354 g/mol. The Bertz CT molecular complexity index is 941. The maximum absolute atomic E-state index is 12.4. The van der Waals surface area contributed by atoms with E-state index in [0.717, 1.165) is 13.0 Å². The molecule has 2 aromatic carbocycles. The van der Waals surface area contributed by atoms with E-state index in [-0.39, 0.29) is 5.91 Å². The second-order valence-electron chi connectivity index (χ2n) is 6.12. The number of nitrogens with one attached hydrogen (secondary N) is 2. The SMILES string of the molecule is COC(=O)c1cccc(NC(=O)c2ccc(NCCc3ccccc3)nc2)c1. The molecule has 6 nitrogen and oxygen atoms in total. The Morgan fingerprint density at radius 1 is 0.964 bits per heavy atom. The first-order valence-corrected chi connectivity index (χ1v) is 8.89. The topological polar surface area (TPSA) is 80.3 Å². The van der Waals surface area contributed by atoms with Crippen molar-refractivity contribution >= 4 is 23.4 Å². The van der Waals surface area contributed by atoms with Crippen LogP contribution < -0.4 is 10.6 Å². The first-order valence-electron chi connectivity index (χ1n) is 8.89. The Morgan fingerprint density at radius 3 is 2.50 bits per heavy atom. The number of benzene rings is 2. The van der Waals surface area contributed by atoms with Crippen LogP contribution in [0.5, 0.6) is 0 Å². The molecule has 142 valence electrons. The molecule has 1 aromatic heterocycles. The zero-order valence-electron chi connectivity index (χ0n) is 15.5. The molecule has 6 heteroatoms. The molecule has 0 saturated heterocycles. The number of rotatable bonds is 7. The van der Waals surface area contributed by atoms with Crippen LogP contribution in [-0.2, 0) is 11.2 Å². The van der Waals surface area contributed by atoms with Gasteiger partial charge in [-0.05, 0) is 42.3 Å². The number of anilines is 2. The van der Waals surface area contributed by atoms with Crippen molar-refractivity contribution in [3.05, 3.63) is 89.6 Å². The molecule has 0 aliphatic rings. The average molecular weight is 375 g/mol. The highest BCUT2D eigenvalue weighted by atomic mass is 16.5. The lowest BCUT2D eigenvalue weighted by Crippen LogP contribution is -2.13. The Morgan fingerprint density at radius 2 is 1.79 bits per heavy atom. The van der Waals surface area contributed by atoms with Crippen LogP contribution in [0.3, 0.4) is 0 Å². The summed E-state index contributed by atoms with van der Waals surface area (Å²) in [6.07, 6.45) is 2.41. The van der Waals surface area contributed by atoms with Crippen LogP contribution in [0, 0.1) is 0 Å². The molecule has 3 aromatic rings. The minimum Gasteiger partial charge on any atom is -0.465 e. The third kappa shape index (κ3) is 5.17. The van der Waals surface area contributed by atoms with Gasteiger partial charge in [-0.25, -0.2) is 9.78 Å². The number of aromatic nitrogens is 1. The van der Waals surface area contributed by atoms with Crippen LogP contribution in [-0.4, -0.2) is 30.5 Å². The summed E-state index contributed by atoms with van der Waals surface area (Å²) in [4.78, 5) is 28.3. The second kappa shape index (κ2) is 9.32. The number of nitrogens with zero attached hydrogens (tertiary/aromatic N) is 1. The smallest absolute Gasteiger partial charge is 0.337 e. The molecule has 0 radical (unpaired) electrons. The Hall–Kier alpha value is -3.67. The van der Waals surface area contributed by atoms with E-state index in [4.69, 9.17) is 0 Å².